The monoisotopic (exact) mass is 273 g/mol. The van der Waals surface area contributed by atoms with Crippen LogP contribution >= 0.6 is 0 Å². The fourth-order valence-electron chi connectivity index (χ4n) is 1.56. The number of nitrogens with zero attached hydrogens (tertiary/aromatic N) is 1. The van der Waals surface area contributed by atoms with Crippen molar-refractivity contribution in [3.8, 4) is 5.75 Å². The number of amidine groups is 1. The Balaban J connectivity index is 2.60. The van der Waals surface area contributed by atoms with Crippen molar-refractivity contribution in [2.24, 2.45) is 10.9 Å². The minimum absolute atomic E-state index is 0.00207. The zero-order chi connectivity index (χ0) is 14.3. The van der Waals surface area contributed by atoms with E-state index in [9.17, 15) is 8.78 Å². The average Bonchev–Trinajstić information content (AvgIpc) is 2.39. The lowest BCUT2D eigenvalue weighted by Crippen LogP contribution is -2.26. The van der Waals surface area contributed by atoms with Crippen molar-refractivity contribution in [3.05, 3.63) is 24.3 Å². The van der Waals surface area contributed by atoms with Crippen LogP contribution in [0, 0.1) is 0 Å². The summed E-state index contributed by atoms with van der Waals surface area (Å²) in [6, 6.07) is 6.16. The van der Waals surface area contributed by atoms with E-state index in [0.29, 0.717) is 6.42 Å². The van der Waals surface area contributed by atoms with Crippen LogP contribution < -0.4 is 15.8 Å². The van der Waals surface area contributed by atoms with Gasteiger partial charge in [-0.25, -0.2) is 0 Å². The maximum absolute atomic E-state index is 12.0. The highest BCUT2D eigenvalue weighted by molar-refractivity contribution is 5.80. The minimum Gasteiger partial charge on any atom is -0.435 e. The van der Waals surface area contributed by atoms with Crippen LogP contribution in [-0.2, 0) is 0 Å². The number of halogens is 2. The number of ether oxygens (including phenoxy) is 1. The summed E-state index contributed by atoms with van der Waals surface area (Å²) in [5, 5.41) is 14.6. The van der Waals surface area contributed by atoms with Crippen molar-refractivity contribution in [1.82, 2.24) is 0 Å². The largest absolute Gasteiger partial charge is 0.435 e. The lowest BCUT2D eigenvalue weighted by atomic mass is 10.1. The van der Waals surface area contributed by atoms with Gasteiger partial charge in [0.25, 0.3) is 0 Å². The first-order valence-electron chi connectivity index (χ1n) is 5.83. The third kappa shape index (κ3) is 5.41. The zero-order valence-corrected chi connectivity index (χ0v) is 10.5. The van der Waals surface area contributed by atoms with Gasteiger partial charge >= 0.3 is 6.61 Å². The van der Waals surface area contributed by atoms with Crippen LogP contribution in [0.25, 0.3) is 0 Å². The number of benzene rings is 1. The van der Waals surface area contributed by atoms with Crippen molar-refractivity contribution >= 4 is 11.5 Å². The van der Waals surface area contributed by atoms with Gasteiger partial charge < -0.3 is 21.0 Å². The standard InChI is InChI=1S/C12H17F2N3O2/c1-2-8(7-11(15)17-18)16-9-3-5-10(6-4-9)19-12(13)14/h3-6,8,12,16,18H,2,7H2,1H3,(H2,15,17). The second-order valence-electron chi connectivity index (χ2n) is 3.95. The Hall–Kier alpha value is -2.05. The first-order chi connectivity index (χ1) is 9.05. The predicted molar refractivity (Wildman–Crippen MR) is 68.8 cm³/mol. The summed E-state index contributed by atoms with van der Waals surface area (Å²) in [7, 11) is 0. The van der Waals surface area contributed by atoms with Crippen molar-refractivity contribution in [2.75, 3.05) is 5.32 Å². The van der Waals surface area contributed by atoms with Gasteiger partial charge in [-0.3, -0.25) is 0 Å². The molecule has 0 aliphatic carbocycles. The number of hydrogen-bond acceptors (Lipinski definition) is 4. The summed E-state index contributed by atoms with van der Waals surface area (Å²) in [5.41, 5.74) is 6.19. The molecule has 0 heterocycles. The van der Waals surface area contributed by atoms with Crippen LogP contribution in [0.15, 0.2) is 29.4 Å². The molecule has 0 fully saturated rings. The molecule has 0 saturated carbocycles. The first kappa shape index (κ1) is 15.0. The van der Waals surface area contributed by atoms with E-state index >= 15 is 0 Å². The van der Waals surface area contributed by atoms with Crippen LogP contribution in [0.1, 0.15) is 19.8 Å². The lowest BCUT2D eigenvalue weighted by Gasteiger charge is -2.17. The second kappa shape index (κ2) is 7.40. The molecule has 1 atom stereocenters. The number of alkyl halides is 2. The van der Waals surface area contributed by atoms with E-state index < -0.39 is 6.61 Å². The molecule has 1 aromatic carbocycles. The van der Waals surface area contributed by atoms with Gasteiger partial charge in [-0.1, -0.05) is 12.1 Å². The molecule has 1 aromatic rings. The number of nitrogens with two attached hydrogens (primary N) is 1. The Morgan fingerprint density at radius 2 is 2.05 bits per heavy atom. The fraction of sp³-hybridized carbons (Fsp3) is 0.417. The van der Waals surface area contributed by atoms with Gasteiger partial charge in [0.2, 0.25) is 0 Å². The zero-order valence-electron chi connectivity index (χ0n) is 10.5. The molecular weight excluding hydrogens is 256 g/mol. The van der Waals surface area contributed by atoms with E-state index in [4.69, 9.17) is 10.9 Å². The molecule has 0 spiro atoms. The molecule has 4 N–H and O–H groups in total. The molecular formula is C12H17F2N3O2. The summed E-state index contributed by atoms with van der Waals surface area (Å²) in [6.07, 6.45) is 1.16. The van der Waals surface area contributed by atoms with E-state index in [2.05, 4.69) is 15.2 Å². The highest BCUT2D eigenvalue weighted by Crippen LogP contribution is 2.19. The summed E-state index contributed by atoms with van der Waals surface area (Å²) >= 11 is 0. The van der Waals surface area contributed by atoms with Crippen LogP contribution in [0.3, 0.4) is 0 Å². The molecule has 5 nitrogen and oxygen atoms in total. The predicted octanol–water partition coefficient (Wildman–Crippen LogP) is 2.62. The summed E-state index contributed by atoms with van der Waals surface area (Å²) < 4.78 is 28.2. The van der Waals surface area contributed by atoms with E-state index in [1.54, 1.807) is 12.1 Å². The molecule has 19 heavy (non-hydrogen) atoms. The summed E-state index contributed by atoms with van der Waals surface area (Å²) in [5.74, 6) is 0.238. The van der Waals surface area contributed by atoms with Gasteiger partial charge in [-0.15, -0.1) is 0 Å². The van der Waals surface area contributed by atoms with E-state index in [0.717, 1.165) is 12.1 Å². The fourth-order valence-corrected chi connectivity index (χ4v) is 1.56. The SMILES string of the molecule is CCC(CC(N)=NO)Nc1ccc(OC(F)F)cc1. The van der Waals surface area contributed by atoms with Crippen molar-refractivity contribution in [1.29, 1.82) is 0 Å². The molecule has 0 bridgehead atoms. The molecule has 0 saturated heterocycles. The van der Waals surface area contributed by atoms with Gasteiger partial charge in [0.15, 0.2) is 0 Å². The lowest BCUT2D eigenvalue weighted by molar-refractivity contribution is -0.0498. The molecule has 0 aliphatic rings. The quantitative estimate of drug-likeness (QED) is 0.309. The summed E-state index contributed by atoms with van der Waals surface area (Å²) in [6.45, 7) is -0.876. The third-order valence-electron chi connectivity index (χ3n) is 2.53. The number of hydrogen-bond donors (Lipinski definition) is 3. The maximum Gasteiger partial charge on any atom is 0.387 e. The molecule has 7 heteroatoms. The Morgan fingerprint density at radius 1 is 1.42 bits per heavy atom. The first-order valence-corrected chi connectivity index (χ1v) is 5.83. The van der Waals surface area contributed by atoms with Gasteiger partial charge in [-0.05, 0) is 30.7 Å². The highest BCUT2D eigenvalue weighted by atomic mass is 19.3. The van der Waals surface area contributed by atoms with Crippen molar-refractivity contribution < 1.29 is 18.7 Å². The average molecular weight is 273 g/mol. The molecule has 0 aromatic heterocycles. The van der Waals surface area contributed by atoms with Crippen molar-refractivity contribution in [2.45, 2.75) is 32.4 Å². The molecule has 1 rings (SSSR count). The number of oxime groups is 1. The smallest absolute Gasteiger partial charge is 0.387 e. The third-order valence-corrected chi connectivity index (χ3v) is 2.53. The highest BCUT2D eigenvalue weighted by Gasteiger charge is 2.09. The van der Waals surface area contributed by atoms with Crippen LogP contribution in [0.2, 0.25) is 0 Å². The molecule has 1 unspecified atom stereocenters. The second-order valence-corrected chi connectivity index (χ2v) is 3.95. The Bertz CT molecular complexity index is 410. The summed E-state index contributed by atoms with van der Waals surface area (Å²) in [4.78, 5) is 0. The van der Waals surface area contributed by atoms with Crippen LogP contribution in [0.4, 0.5) is 14.5 Å². The van der Waals surface area contributed by atoms with E-state index in [1.165, 1.54) is 12.1 Å². The van der Waals surface area contributed by atoms with Crippen LogP contribution in [-0.4, -0.2) is 23.7 Å². The van der Waals surface area contributed by atoms with Crippen molar-refractivity contribution in [3.63, 3.8) is 0 Å². The van der Waals surface area contributed by atoms with Gasteiger partial charge in [0.1, 0.15) is 11.6 Å². The van der Waals surface area contributed by atoms with E-state index in [1.807, 2.05) is 6.92 Å². The normalized spacial score (nSPS) is 13.4. The van der Waals surface area contributed by atoms with Gasteiger partial charge in [0.05, 0.1) is 0 Å². The molecule has 0 aliphatic heterocycles. The Morgan fingerprint density at radius 3 is 2.53 bits per heavy atom. The van der Waals surface area contributed by atoms with Crippen LogP contribution in [0.5, 0.6) is 5.75 Å². The van der Waals surface area contributed by atoms with Gasteiger partial charge in [0, 0.05) is 18.2 Å². The molecule has 106 valence electrons. The number of nitrogens with one attached hydrogen (secondary N) is 1. The van der Waals surface area contributed by atoms with E-state index in [-0.39, 0.29) is 17.6 Å². The number of rotatable bonds is 7. The number of anilines is 1. The van der Waals surface area contributed by atoms with Gasteiger partial charge in [-0.2, -0.15) is 8.78 Å². The topological polar surface area (TPSA) is 79.9 Å². The maximum atomic E-state index is 12.0. The Kier molecular flexibility index (Phi) is 5.84. The minimum atomic E-state index is -2.83. The molecule has 0 amide bonds. The Labute approximate surface area is 110 Å². The molecule has 0 radical (unpaired) electrons.